The van der Waals surface area contributed by atoms with Gasteiger partial charge in [-0.1, -0.05) is 36.4 Å². The van der Waals surface area contributed by atoms with Crippen molar-refractivity contribution in [3.05, 3.63) is 71.9 Å². The Hall–Kier alpha value is -3.08. The highest BCUT2D eigenvalue weighted by molar-refractivity contribution is 6.00. The maximum Gasteiger partial charge on any atom is 0.252 e. The van der Waals surface area contributed by atoms with Crippen molar-refractivity contribution < 1.29 is 9.59 Å². The van der Waals surface area contributed by atoms with E-state index in [9.17, 15) is 9.59 Å². The third kappa shape index (κ3) is 3.40. The summed E-state index contributed by atoms with van der Waals surface area (Å²) in [6.07, 6.45) is 2.18. The fourth-order valence-corrected chi connectivity index (χ4v) is 2.50. The molecule has 0 radical (unpaired) electrons. The summed E-state index contributed by atoms with van der Waals surface area (Å²) < 4.78 is 0. The molecule has 116 valence electrons. The molecular weight excluding hydrogens is 290 g/mol. The number of aromatic nitrogens is 1. The van der Waals surface area contributed by atoms with Gasteiger partial charge in [0.25, 0.3) is 5.91 Å². The van der Waals surface area contributed by atoms with E-state index in [1.807, 2.05) is 48.7 Å². The lowest BCUT2D eigenvalue weighted by atomic mass is 10.0. The van der Waals surface area contributed by atoms with E-state index in [2.05, 4.69) is 10.3 Å². The Labute approximate surface area is 133 Å². The lowest BCUT2D eigenvalue weighted by Crippen LogP contribution is -2.45. The fourth-order valence-electron chi connectivity index (χ4n) is 2.50. The zero-order valence-corrected chi connectivity index (χ0v) is 12.5. The summed E-state index contributed by atoms with van der Waals surface area (Å²) in [4.78, 5) is 27.1. The number of carbonyl (C=O) groups excluding carboxylic acids is 2. The van der Waals surface area contributed by atoms with Crippen molar-refractivity contribution in [1.82, 2.24) is 10.3 Å². The van der Waals surface area contributed by atoms with Crippen LogP contribution in [0.3, 0.4) is 0 Å². The quantitative estimate of drug-likeness (QED) is 0.673. The summed E-state index contributed by atoms with van der Waals surface area (Å²) in [5.41, 5.74) is 7.72. The van der Waals surface area contributed by atoms with Crippen LogP contribution in [0.4, 0.5) is 0 Å². The summed E-state index contributed by atoms with van der Waals surface area (Å²) in [6, 6.07) is 16.0. The van der Waals surface area contributed by atoms with E-state index in [0.717, 1.165) is 16.5 Å². The van der Waals surface area contributed by atoms with E-state index in [1.165, 1.54) is 0 Å². The molecule has 4 N–H and O–H groups in total. The summed E-state index contributed by atoms with van der Waals surface area (Å²) in [5.74, 6) is -0.871. The topological polar surface area (TPSA) is 88.0 Å². The molecule has 1 atom stereocenters. The van der Waals surface area contributed by atoms with E-state index >= 15 is 0 Å². The minimum atomic E-state index is -0.746. The number of nitrogens with one attached hydrogen (secondary N) is 2. The van der Waals surface area contributed by atoms with Gasteiger partial charge < -0.3 is 16.0 Å². The van der Waals surface area contributed by atoms with Crippen LogP contribution in [0, 0.1) is 0 Å². The standard InChI is InChI=1S/C18H17N3O2/c19-17(22)16(10-12-4-2-1-3-5-12)21-18(23)14-7-6-13-8-9-20-15(13)11-14/h1-9,11,16,20H,10H2,(H2,19,22)(H,21,23). The second kappa shape index (κ2) is 6.36. The largest absolute Gasteiger partial charge is 0.368 e. The molecule has 0 saturated heterocycles. The van der Waals surface area contributed by atoms with Crippen molar-refractivity contribution in [1.29, 1.82) is 0 Å². The van der Waals surface area contributed by atoms with Crippen molar-refractivity contribution in [2.24, 2.45) is 5.73 Å². The molecule has 23 heavy (non-hydrogen) atoms. The summed E-state index contributed by atoms with van der Waals surface area (Å²) in [5, 5.41) is 3.74. The highest BCUT2D eigenvalue weighted by atomic mass is 16.2. The van der Waals surface area contributed by atoms with Crippen LogP contribution in [0.25, 0.3) is 10.9 Å². The van der Waals surface area contributed by atoms with Crippen molar-refractivity contribution in [3.8, 4) is 0 Å². The maximum atomic E-state index is 12.4. The maximum absolute atomic E-state index is 12.4. The number of H-pyrrole nitrogens is 1. The number of nitrogens with two attached hydrogens (primary N) is 1. The van der Waals surface area contributed by atoms with Gasteiger partial charge in [0.2, 0.25) is 5.91 Å². The fraction of sp³-hybridized carbons (Fsp3) is 0.111. The van der Waals surface area contributed by atoms with Crippen LogP contribution in [0.1, 0.15) is 15.9 Å². The zero-order chi connectivity index (χ0) is 16.2. The Morgan fingerprint density at radius 3 is 2.61 bits per heavy atom. The lowest BCUT2D eigenvalue weighted by Gasteiger charge is -2.15. The summed E-state index contributed by atoms with van der Waals surface area (Å²) in [7, 11) is 0. The van der Waals surface area contributed by atoms with Crippen LogP contribution < -0.4 is 11.1 Å². The first-order chi connectivity index (χ1) is 11.1. The summed E-state index contributed by atoms with van der Waals surface area (Å²) in [6.45, 7) is 0. The van der Waals surface area contributed by atoms with Gasteiger partial charge in [0.05, 0.1) is 0 Å². The number of rotatable bonds is 5. The highest BCUT2D eigenvalue weighted by Crippen LogP contribution is 2.14. The number of benzene rings is 2. The smallest absolute Gasteiger partial charge is 0.252 e. The second-order valence-electron chi connectivity index (χ2n) is 5.40. The van der Waals surface area contributed by atoms with Gasteiger partial charge in [-0.15, -0.1) is 0 Å². The van der Waals surface area contributed by atoms with Crippen LogP contribution in [-0.2, 0) is 11.2 Å². The van der Waals surface area contributed by atoms with E-state index in [-0.39, 0.29) is 5.91 Å². The third-order valence-electron chi connectivity index (χ3n) is 3.75. The van der Waals surface area contributed by atoms with Gasteiger partial charge in [-0.2, -0.15) is 0 Å². The molecule has 0 bridgehead atoms. The molecule has 1 heterocycles. The number of hydrogen-bond acceptors (Lipinski definition) is 2. The molecule has 1 aromatic heterocycles. The normalized spacial score (nSPS) is 12.0. The number of aromatic amines is 1. The van der Waals surface area contributed by atoms with Gasteiger partial charge in [0.1, 0.15) is 6.04 Å². The number of fused-ring (bicyclic) bond motifs is 1. The molecule has 2 aromatic carbocycles. The molecule has 5 heteroatoms. The minimum absolute atomic E-state index is 0.318. The molecular formula is C18H17N3O2. The Bertz CT molecular complexity index is 840. The average Bonchev–Trinajstić information content (AvgIpc) is 3.02. The molecule has 3 rings (SSSR count). The highest BCUT2D eigenvalue weighted by Gasteiger charge is 2.19. The number of hydrogen-bond donors (Lipinski definition) is 3. The first-order valence-corrected chi connectivity index (χ1v) is 7.35. The molecule has 0 fully saturated rings. The van der Waals surface area contributed by atoms with E-state index in [1.54, 1.807) is 12.1 Å². The van der Waals surface area contributed by atoms with Crippen LogP contribution in [-0.4, -0.2) is 22.8 Å². The number of carbonyl (C=O) groups is 2. The van der Waals surface area contributed by atoms with Crippen molar-refractivity contribution in [3.63, 3.8) is 0 Å². The number of amides is 2. The van der Waals surface area contributed by atoms with Crippen LogP contribution in [0.2, 0.25) is 0 Å². The predicted octanol–water partition coefficient (Wildman–Crippen LogP) is 1.99. The van der Waals surface area contributed by atoms with Gasteiger partial charge in [-0.05, 0) is 29.1 Å². The van der Waals surface area contributed by atoms with Gasteiger partial charge in [0.15, 0.2) is 0 Å². The summed E-state index contributed by atoms with van der Waals surface area (Å²) >= 11 is 0. The second-order valence-corrected chi connectivity index (χ2v) is 5.40. The van der Waals surface area contributed by atoms with Gasteiger partial charge >= 0.3 is 0 Å². The van der Waals surface area contributed by atoms with Crippen LogP contribution in [0.15, 0.2) is 60.8 Å². The van der Waals surface area contributed by atoms with Crippen LogP contribution in [0.5, 0.6) is 0 Å². The SMILES string of the molecule is NC(=O)C(Cc1ccccc1)NC(=O)c1ccc2cc[nH]c2c1. The van der Waals surface area contributed by atoms with Gasteiger partial charge in [-0.25, -0.2) is 0 Å². The van der Waals surface area contributed by atoms with Gasteiger partial charge in [-0.3, -0.25) is 9.59 Å². The molecule has 3 aromatic rings. The molecule has 0 aliphatic rings. The zero-order valence-electron chi connectivity index (χ0n) is 12.5. The van der Waals surface area contributed by atoms with Crippen molar-refractivity contribution in [2.45, 2.75) is 12.5 Å². The Kier molecular flexibility index (Phi) is 4.10. The van der Waals surface area contributed by atoms with E-state index in [0.29, 0.717) is 12.0 Å². The van der Waals surface area contributed by atoms with E-state index in [4.69, 9.17) is 5.73 Å². The van der Waals surface area contributed by atoms with Crippen molar-refractivity contribution >= 4 is 22.7 Å². The molecule has 2 amide bonds. The molecule has 0 saturated carbocycles. The van der Waals surface area contributed by atoms with Crippen LogP contribution >= 0.6 is 0 Å². The minimum Gasteiger partial charge on any atom is -0.368 e. The average molecular weight is 307 g/mol. The molecule has 1 unspecified atom stereocenters. The first-order valence-electron chi connectivity index (χ1n) is 7.35. The Balaban J connectivity index is 1.76. The molecule has 0 aliphatic carbocycles. The van der Waals surface area contributed by atoms with Gasteiger partial charge in [0, 0.05) is 23.7 Å². The number of primary amides is 1. The molecule has 0 spiro atoms. The molecule has 5 nitrogen and oxygen atoms in total. The van der Waals surface area contributed by atoms with E-state index < -0.39 is 11.9 Å². The molecule has 0 aliphatic heterocycles. The first kappa shape index (κ1) is 14.8. The Morgan fingerprint density at radius 1 is 1.09 bits per heavy atom. The lowest BCUT2D eigenvalue weighted by molar-refractivity contribution is -0.119. The monoisotopic (exact) mass is 307 g/mol. The Morgan fingerprint density at radius 2 is 1.87 bits per heavy atom. The predicted molar refractivity (Wildman–Crippen MR) is 88.9 cm³/mol. The third-order valence-corrected chi connectivity index (χ3v) is 3.75. The van der Waals surface area contributed by atoms with Crippen molar-refractivity contribution in [2.75, 3.05) is 0 Å².